The molecular weight excluding hydrogens is 254 g/mol. The Bertz CT molecular complexity index is 410. The molecule has 1 N–H and O–H groups in total. The molecule has 3 aliphatic heterocycles. The van der Waals surface area contributed by atoms with E-state index in [4.69, 9.17) is 0 Å². The first-order chi connectivity index (χ1) is 9.58. The van der Waals surface area contributed by atoms with Gasteiger partial charge in [0.2, 0.25) is 11.8 Å². The molecule has 0 bridgehead atoms. The van der Waals surface area contributed by atoms with Crippen molar-refractivity contribution in [3.63, 3.8) is 0 Å². The molecule has 0 spiro atoms. The third-order valence-electron chi connectivity index (χ3n) is 4.97. The molecule has 3 heterocycles. The van der Waals surface area contributed by atoms with Gasteiger partial charge in [0, 0.05) is 24.7 Å². The summed E-state index contributed by atoms with van der Waals surface area (Å²) in [5.41, 5.74) is 0. The van der Waals surface area contributed by atoms with Crippen LogP contribution < -0.4 is 5.32 Å². The SMILES string of the molecule is CC(C)N1C(=O)CC(NC2CCN3CCCCC23)C1=O. The zero-order valence-corrected chi connectivity index (χ0v) is 12.5. The lowest BCUT2D eigenvalue weighted by molar-refractivity contribution is -0.140. The van der Waals surface area contributed by atoms with Crippen molar-refractivity contribution >= 4 is 11.8 Å². The molecule has 112 valence electrons. The number of nitrogens with one attached hydrogen (secondary N) is 1. The van der Waals surface area contributed by atoms with Crippen LogP contribution in [0.2, 0.25) is 0 Å². The molecule has 3 aliphatic rings. The number of carbonyl (C=O) groups is 2. The van der Waals surface area contributed by atoms with Gasteiger partial charge < -0.3 is 5.32 Å². The molecule has 0 aliphatic carbocycles. The highest BCUT2D eigenvalue weighted by molar-refractivity contribution is 6.05. The molecule has 20 heavy (non-hydrogen) atoms. The third-order valence-corrected chi connectivity index (χ3v) is 4.97. The van der Waals surface area contributed by atoms with E-state index in [-0.39, 0.29) is 23.9 Å². The lowest BCUT2D eigenvalue weighted by Gasteiger charge is -2.33. The summed E-state index contributed by atoms with van der Waals surface area (Å²) < 4.78 is 0. The van der Waals surface area contributed by atoms with Crippen molar-refractivity contribution in [3.8, 4) is 0 Å². The summed E-state index contributed by atoms with van der Waals surface area (Å²) in [5.74, 6) is -0.0553. The van der Waals surface area contributed by atoms with Crippen LogP contribution in [-0.4, -0.2) is 58.9 Å². The van der Waals surface area contributed by atoms with E-state index in [1.54, 1.807) is 0 Å². The topological polar surface area (TPSA) is 52.7 Å². The summed E-state index contributed by atoms with van der Waals surface area (Å²) in [4.78, 5) is 28.2. The van der Waals surface area contributed by atoms with E-state index < -0.39 is 0 Å². The number of fused-ring (bicyclic) bond motifs is 1. The minimum atomic E-state index is -0.295. The molecule has 2 amide bonds. The molecule has 0 aromatic heterocycles. The third kappa shape index (κ3) is 2.37. The van der Waals surface area contributed by atoms with Crippen LogP contribution in [0.5, 0.6) is 0 Å². The number of piperidine rings is 1. The normalized spacial score (nSPS) is 35.1. The molecule has 3 saturated heterocycles. The van der Waals surface area contributed by atoms with Gasteiger partial charge in [-0.3, -0.25) is 19.4 Å². The van der Waals surface area contributed by atoms with Crippen molar-refractivity contribution in [3.05, 3.63) is 0 Å². The standard InChI is InChI=1S/C15H25N3O2/c1-10(2)18-14(19)9-12(15(18)20)16-11-6-8-17-7-4-3-5-13(11)17/h10-13,16H,3-9H2,1-2H3. The maximum atomic E-state index is 12.3. The smallest absolute Gasteiger partial charge is 0.247 e. The Morgan fingerprint density at radius 1 is 1.15 bits per heavy atom. The largest absolute Gasteiger partial charge is 0.301 e. The van der Waals surface area contributed by atoms with Gasteiger partial charge in [0.05, 0.1) is 12.5 Å². The Labute approximate surface area is 120 Å². The van der Waals surface area contributed by atoms with E-state index in [9.17, 15) is 9.59 Å². The van der Waals surface area contributed by atoms with E-state index in [0.717, 1.165) is 13.0 Å². The van der Waals surface area contributed by atoms with Crippen LogP contribution >= 0.6 is 0 Å². The molecule has 3 rings (SSSR count). The fourth-order valence-electron chi connectivity index (χ4n) is 4.02. The number of rotatable bonds is 3. The number of likely N-dealkylation sites (tertiary alicyclic amines) is 1. The van der Waals surface area contributed by atoms with Gasteiger partial charge in [0.1, 0.15) is 0 Å². The molecule has 0 radical (unpaired) electrons. The van der Waals surface area contributed by atoms with Gasteiger partial charge in [-0.25, -0.2) is 0 Å². The van der Waals surface area contributed by atoms with Gasteiger partial charge in [0.25, 0.3) is 0 Å². The van der Waals surface area contributed by atoms with Crippen molar-refractivity contribution in [1.82, 2.24) is 15.1 Å². The highest BCUT2D eigenvalue weighted by atomic mass is 16.2. The Morgan fingerprint density at radius 3 is 2.65 bits per heavy atom. The van der Waals surface area contributed by atoms with Gasteiger partial charge >= 0.3 is 0 Å². The van der Waals surface area contributed by atoms with E-state index in [1.807, 2.05) is 13.8 Å². The Balaban J connectivity index is 1.64. The fraction of sp³-hybridized carbons (Fsp3) is 0.867. The average molecular weight is 279 g/mol. The van der Waals surface area contributed by atoms with Gasteiger partial charge in [-0.1, -0.05) is 6.42 Å². The summed E-state index contributed by atoms with van der Waals surface area (Å²) in [6.45, 7) is 6.12. The molecule has 3 unspecified atom stereocenters. The molecular formula is C15H25N3O2. The monoisotopic (exact) mass is 279 g/mol. The minimum absolute atomic E-state index is 0.0269. The first-order valence-corrected chi connectivity index (χ1v) is 7.94. The Morgan fingerprint density at radius 2 is 1.95 bits per heavy atom. The first kappa shape index (κ1) is 14.0. The van der Waals surface area contributed by atoms with Gasteiger partial charge in [-0.2, -0.15) is 0 Å². The van der Waals surface area contributed by atoms with E-state index >= 15 is 0 Å². The van der Waals surface area contributed by atoms with E-state index in [2.05, 4.69) is 10.2 Å². The summed E-state index contributed by atoms with van der Waals surface area (Å²) >= 11 is 0. The zero-order chi connectivity index (χ0) is 14.3. The maximum absolute atomic E-state index is 12.3. The summed E-state index contributed by atoms with van der Waals surface area (Å²) in [7, 11) is 0. The van der Waals surface area contributed by atoms with Gasteiger partial charge in [-0.15, -0.1) is 0 Å². The predicted octanol–water partition coefficient (Wildman–Crippen LogP) is 0.739. The first-order valence-electron chi connectivity index (χ1n) is 7.94. The number of amides is 2. The molecule has 0 saturated carbocycles. The number of nitrogens with zero attached hydrogens (tertiary/aromatic N) is 2. The highest BCUT2D eigenvalue weighted by Gasteiger charge is 2.43. The van der Waals surface area contributed by atoms with E-state index in [0.29, 0.717) is 18.5 Å². The quantitative estimate of drug-likeness (QED) is 0.774. The minimum Gasteiger partial charge on any atom is -0.301 e. The van der Waals surface area contributed by atoms with Crippen molar-refractivity contribution < 1.29 is 9.59 Å². The highest BCUT2D eigenvalue weighted by Crippen LogP contribution is 2.28. The van der Waals surface area contributed by atoms with Crippen LogP contribution in [0.1, 0.15) is 46.0 Å². The Kier molecular flexibility index (Phi) is 3.82. The maximum Gasteiger partial charge on any atom is 0.247 e. The Hall–Kier alpha value is -0.940. The van der Waals surface area contributed by atoms with Crippen LogP contribution in [0.4, 0.5) is 0 Å². The predicted molar refractivity (Wildman–Crippen MR) is 76.1 cm³/mol. The summed E-state index contributed by atoms with van der Waals surface area (Å²) in [6.07, 6.45) is 5.24. The van der Waals surface area contributed by atoms with Gasteiger partial charge in [-0.05, 0) is 39.7 Å². The van der Waals surface area contributed by atoms with Crippen LogP contribution in [0.3, 0.4) is 0 Å². The number of hydrogen-bond acceptors (Lipinski definition) is 4. The van der Waals surface area contributed by atoms with Crippen LogP contribution in [0.25, 0.3) is 0 Å². The molecule has 0 aromatic carbocycles. The fourth-order valence-corrected chi connectivity index (χ4v) is 4.02. The lowest BCUT2D eigenvalue weighted by Crippen LogP contribution is -2.50. The van der Waals surface area contributed by atoms with Crippen LogP contribution in [-0.2, 0) is 9.59 Å². The van der Waals surface area contributed by atoms with Crippen molar-refractivity contribution in [1.29, 1.82) is 0 Å². The van der Waals surface area contributed by atoms with Crippen molar-refractivity contribution in [2.75, 3.05) is 13.1 Å². The molecule has 5 nitrogen and oxygen atoms in total. The number of imide groups is 1. The van der Waals surface area contributed by atoms with Crippen molar-refractivity contribution in [2.24, 2.45) is 0 Å². The summed E-state index contributed by atoms with van der Waals surface area (Å²) in [6, 6.07) is 0.622. The molecule has 5 heteroatoms. The number of carbonyl (C=O) groups excluding carboxylic acids is 2. The summed E-state index contributed by atoms with van der Waals surface area (Å²) in [5, 5.41) is 3.49. The van der Waals surface area contributed by atoms with Crippen LogP contribution in [0.15, 0.2) is 0 Å². The average Bonchev–Trinajstić information content (AvgIpc) is 2.93. The zero-order valence-electron chi connectivity index (χ0n) is 12.5. The van der Waals surface area contributed by atoms with Crippen LogP contribution in [0, 0.1) is 0 Å². The second kappa shape index (κ2) is 5.45. The van der Waals surface area contributed by atoms with Crippen molar-refractivity contribution in [2.45, 2.75) is 70.1 Å². The molecule has 3 atom stereocenters. The lowest BCUT2D eigenvalue weighted by atomic mass is 9.98. The second-order valence-corrected chi connectivity index (χ2v) is 6.61. The van der Waals surface area contributed by atoms with Gasteiger partial charge in [0.15, 0.2) is 0 Å². The van der Waals surface area contributed by atoms with E-state index in [1.165, 1.54) is 30.7 Å². The molecule has 0 aromatic rings. The number of hydrogen-bond donors (Lipinski definition) is 1. The second-order valence-electron chi connectivity index (χ2n) is 6.61. The molecule has 3 fully saturated rings.